The zero-order valence-corrected chi connectivity index (χ0v) is 13.1. The Labute approximate surface area is 137 Å². The number of benzene rings is 1. The van der Waals surface area contributed by atoms with E-state index in [0.717, 1.165) is 10.2 Å². The van der Waals surface area contributed by atoms with Crippen LogP contribution < -0.4 is 10.1 Å². The van der Waals surface area contributed by atoms with Gasteiger partial charge in [0.2, 0.25) is 5.91 Å². The van der Waals surface area contributed by atoms with Crippen LogP contribution in [0.1, 0.15) is 23.0 Å². The Bertz CT molecular complexity index is 717. The van der Waals surface area contributed by atoms with Gasteiger partial charge in [0.1, 0.15) is 12.3 Å². The SMILES string of the molecule is CCOc1cc(Cl)ccc1CNC(=O)Cn1cc(C(=O)O)nn1. The van der Waals surface area contributed by atoms with Crippen molar-refractivity contribution in [1.29, 1.82) is 0 Å². The molecule has 1 amide bonds. The number of aromatic nitrogens is 3. The second-order valence-electron chi connectivity index (χ2n) is 4.57. The predicted molar refractivity (Wildman–Crippen MR) is 81.4 cm³/mol. The minimum atomic E-state index is -1.20. The highest BCUT2D eigenvalue weighted by atomic mass is 35.5. The molecule has 2 rings (SSSR count). The standard InChI is InChI=1S/C14H15ClN4O4/c1-2-23-12-5-10(15)4-3-9(12)6-16-13(20)8-19-7-11(14(21)22)17-18-19/h3-5,7H,2,6,8H2,1H3,(H,16,20)(H,21,22). The molecule has 2 aromatic rings. The van der Waals surface area contributed by atoms with Crippen molar-refractivity contribution in [1.82, 2.24) is 20.3 Å². The quantitative estimate of drug-likeness (QED) is 0.789. The van der Waals surface area contributed by atoms with E-state index in [4.69, 9.17) is 21.4 Å². The molecule has 0 saturated heterocycles. The van der Waals surface area contributed by atoms with E-state index < -0.39 is 5.97 Å². The van der Waals surface area contributed by atoms with Crippen LogP contribution in [0.5, 0.6) is 5.75 Å². The average molecular weight is 339 g/mol. The van der Waals surface area contributed by atoms with Gasteiger partial charge in [-0.15, -0.1) is 5.10 Å². The van der Waals surface area contributed by atoms with Crippen molar-refractivity contribution < 1.29 is 19.4 Å². The molecule has 0 saturated carbocycles. The van der Waals surface area contributed by atoms with E-state index in [9.17, 15) is 9.59 Å². The third kappa shape index (κ3) is 4.68. The number of hydrogen-bond acceptors (Lipinski definition) is 5. The first-order chi connectivity index (χ1) is 11.0. The molecule has 0 fully saturated rings. The van der Waals surface area contributed by atoms with Crippen LogP contribution in [0.4, 0.5) is 0 Å². The fourth-order valence-corrected chi connectivity index (χ4v) is 2.00. The molecular formula is C14H15ClN4O4. The van der Waals surface area contributed by atoms with Crippen molar-refractivity contribution in [2.24, 2.45) is 0 Å². The first-order valence-electron chi connectivity index (χ1n) is 6.81. The molecule has 1 aromatic carbocycles. The van der Waals surface area contributed by atoms with Gasteiger partial charge in [0, 0.05) is 17.1 Å². The molecule has 0 atom stereocenters. The number of rotatable bonds is 7. The van der Waals surface area contributed by atoms with Crippen molar-refractivity contribution in [2.75, 3.05) is 6.61 Å². The molecule has 122 valence electrons. The minimum Gasteiger partial charge on any atom is -0.493 e. The summed E-state index contributed by atoms with van der Waals surface area (Å²) in [4.78, 5) is 22.6. The maximum Gasteiger partial charge on any atom is 0.358 e. The summed E-state index contributed by atoms with van der Waals surface area (Å²) in [6.07, 6.45) is 1.19. The molecule has 0 unspecified atom stereocenters. The highest BCUT2D eigenvalue weighted by Crippen LogP contribution is 2.23. The van der Waals surface area contributed by atoms with Crippen LogP contribution in [-0.4, -0.2) is 38.6 Å². The fraction of sp³-hybridized carbons (Fsp3) is 0.286. The van der Waals surface area contributed by atoms with E-state index in [1.54, 1.807) is 18.2 Å². The number of carboxylic acids is 1. The molecular weight excluding hydrogens is 324 g/mol. The van der Waals surface area contributed by atoms with Crippen molar-refractivity contribution in [2.45, 2.75) is 20.0 Å². The fourth-order valence-electron chi connectivity index (χ4n) is 1.83. The summed E-state index contributed by atoms with van der Waals surface area (Å²) in [6, 6.07) is 5.16. The van der Waals surface area contributed by atoms with E-state index in [-0.39, 0.29) is 24.7 Å². The summed E-state index contributed by atoms with van der Waals surface area (Å²) >= 11 is 5.92. The number of nitrogens with one attached hydrogen (secondary N) is 1. The Hall–Kier alpha value is -2.61. The number of ether oxygens (including phenoxy) is 1. The average Bonchev–Trinajstić information content (AvgIpc) is 2.95. The van der Waals surface area contributed by atoms with Crippen molar-refractivity contribution >= 4 is 23.5 Å². The summed E-state index contributed by atoms with van der Waals surface area (Å²) in [6.45, 7) is 2.47. The number of amides is 1. The molecule has 0 aliphatic rings. The molecule has 2 N–H and O–H groups in total. The normalized spacial score (nSPS) is 10.3. The molecule has 0 aliphatic heterocycles. The van der Waals surface area contributed by atoms with Gasteiger partial charge in [-0.1, -0.05) is 22.9 Å². The largest absolute Gasteiger partial charge is 0.493 e. The highest BCUT2D eigenvalue weighted by Gasteiger charge is 2.11. The Morgan fingerprint density at radius 2 is 2.22 bits per heavy atom. The van der Waals surface area contributed by atoms with Crippen LogP contribution in [-0.2, 0) is 17.9 Å². The van der Waals surface area contributed by atoms with Gasteiger partial charge in [0.25, 0.3) is 0 Å². The van der Waals surface area contributed by atoms with Crippen LogP contribution in [0.25, 0.3) is 0 Å². The second kappa shape index (κ2) is 7.59. The Kier molecular flexibility index (Phi) is 5.53. The van der Waals surface area contributed by atoms with Crippen molar-refractivity contribution in [3.05, 3.63) is 40.7 Å². The van der Waals surface area contributed by atoms with Gasteiger partial charge in [-0.2, -0.15) is 0 Å². The third-order valence-corrected chi connectivity index (χ3v) is 3.10. The van der Waals surface area contributed by atoms with Gasteiger partial charge in [-0.25, -0.2) is 9.48 Å². The van der Waals surface area contributed by atoms with Gasteiger partial charge in [-0.3, -0.25) is 4.79 Å². The zero-order valence-electron chi connectivity index (χ0n) is 12.3. The monoisotopic (exact) mass is 338 g/mol. The Morgan fingerprint density at radius 3 is 2.87 bits per heavy atom. The third-order valence-electron chi connectivity index (χ3n) is 2.87. The molecule has 0 bridgehead atoms. The summed E-state index contributed by atoms with van der Waals surface area (Å²) in [7, 11) is 0. The van der Waals surface area contributed by atoms with E-state index >= 15 is 0 Å². The number of hydrogen-bond donors (Lipinski definition) is 2. The Balaban J connectivity index is 1.94. The van der Waals surface area contributed by atoms with Crippen LogP contribution in [0.2, 0.25) is 5.02 Å². The van der Waals surface area contributed by atoms with E-state index in [1.807, 2.05) is 6.92 Å². The second-order valence-corrected chi connectivity index (χ2v) is 5.00. The predicted octanol–water partition coefficient (Wildman–Crippen LogP) is 1.34. The maximum absolute atomic E-state index is 11.9. The van der Waals surface area contributed by atoms with E-state index in [2.05, 4.69) is 15.6 Å². The first kappa shape index (κ1) is 16.8. The minimum absolute atomic E-state index is 0.127. The lowest BCUT2D eigenvalue weighted by Gasteiger charge is -2.11. The van der Waals surface area contributed by atoms with Gasteiger partial charge in [-0.05, 0) is 19.1 Å². The lowest BCUT2D eigenvalue weighted by atomic mass is 10.2. The van der Waals surface area contributed by atoms with Crippen molar-refractivity contribution in [3.63, 3.8) is 0 Å². The molecule has 0 aliphatic carbocycles. The molecule has 0 radical (unpaired) electrons. The van der Waals surface area contributed by atoms with Gasteiger partial charge >= 0.3 is 5.97 Å². The molecule has 23 heavy (non-hydrogen) atoms. The lowest BCUT2D eigenvalue weighted by Crippen LogP contribution is -2.27. The summed E-state index contributed by atoms with van der Waals surface area (Å²) in [5.74, 6) is -0.919. The smallest absolute Gasteiger partial charge is 0.358 e. The Morgan fingerprint density at radius 1 is 1.43 bits per heavy atom. The summed E-state index contributed by atoms with van der Waals surface area (Å²) in [5, 5.41) is 19.0. The van der Waals surface area contributed by atoms with Crippen LogP contribution in [0.3, 0.4) is 0 Å². The lowest BCUT2D eigenvalue weighted by molar-refractivity contribution is -0.122. The molecule has 8 nitrogen and oxygen atoms in total. The molecule has 0 spiro atoms. The van der Waals surface area contributed by atoms with E-state index in [1.165, 1.54) is 6.20 Å². The number of aromatic carboxylic acids is 1. The van der Waals surface area contributed by atoms with Crippen LogP contribution in [0.15, 0.2) is 24.4 Å². The van der Waals surface area contributed by atoms with Gasteiger partial charge < -0.3 is 15.2 Å². The van der Waals surface area contributed by atoms with Gasteiger partial charge in [0.15, 0.2) is 5.69 Å². The van der Waals surface area contributed by atoms with Gasteiger partial charge in [0.05, 0.1) is 12.8 Å². The number of nitrogens with zero attached hydrogens (tertiary/aromatic N) is 3. The topological polar surface area (TPSA) is 106 Å². The maximum atomic E-state index is 11.9. The van der Waals surface area contributed by atoms with E-state index in [0.29, 0.717) is 17.4 Å². The number of carbonyl (C=O) groups is 2. The highest BCUT2D eigenvalue weighted by molar-refractivity contribution is 6.30. The molecule has 9 heteroatoms. The zero-order chi connectivity index (χ0) is 16.8. The number of carbonyl (C=O) groups excluding carboxylic acids is 1. The molecule has 1 heterocycles. The summed E-state index contributed by atoms with van der Waals surface area (Å²) < 4.78 is 6.63. The first-order valence-corrected chi connectivity index (χ1v) is 7.18. The molecule has 1 aromatic heterocycles. The number of carboxylic acid groups (broad SMARTS) is 1. The van der Waals surface area contributed by atoms with Crippen molar-refractivity contribution in [3.8, 4) is 5.75 Å². The number of halogens is 1. The van der Waals surface area contributed by atoms with Crippen LogP contribution in [0, 0.1) is 0 Å². The summed E-state index contributed by atoms with van der Waals surface area (Å²) in [5.41, 5.74) is 0.573. The van der Waals surface area contributed by atoms with Crippen LogP contribution >= 0.6 is 11.6 Å².